The van der Waals surface area contributed by atoms with Crippen molar-refractivity contribution >= 4 is 34.3 Å². The van der Waals surface area contributed by atoms with Gasteiger partial charge in [0.1, 0.15) is 0 Å². The summed E-state index contributed by atoms with van der Waals surface area (Å²) in [7, 11) is 0. The van der Waals surface area contributed by atoms with Crippen molar-refractivity contribution in [3.05, 3.63) is 63.6 Å². The molecule has 3 aromatic rings. The van der Waals surface area contributed by atoms with Gasteiger partial charge in [-0.05, 0) is 36.4 Å². The lowest BCUT2D eigenvalue weighted by molar-refractivity contribution is 0.0747. The zero-order valence-electron chi connectivity index (χ0n) is 13.4. The Kier molecular flexibility index (Phi) is 3.97. The number of H-pyrrole nitrogens is 1. The standard InChI is InChI=1S/C18H16ClN3O3/c19-13-3-1-12(2-4-13)17(23)22-9-7-21(8-10-22)14-5-6-15-16(11-14)25-18(24)20-15/h1-6,11H,7-10H2,(H,20,24). The average Bonchev–Trinajstić information content (AvgIpc) is 3.01. The van der Waals surface area contributed by atoms with Gasteiger partial charge in [-0.1, -0.05) is 11.6 Å². The molecule has 25 heavy (non-hydrogen) atoms. The van der Waals surface area contributed by atoms with Gasteiger partial charge in [-0.25, -0.2) is 4.79 Å². The number of hydrogen-bond acceptors (Lipinski definition) is 4. The van der Waals surface area contributed by atoms with E-state index in [2.05, 4.69) is 9.88 Å². The van der Waals surface area contributed by atoms with Crippen LogP contribution in [0.25, 0.3) is 11.1 Å². The molecular formula is C18H16ClN3O3. The third kappa shape index (κ3) is 3.13. The van der Waals surface area contributed by atoms with Crippen LogP contribution in [0.3, 0.4) is 0 Å². The van der Waals surface area contributed by atoms with Crippen LogP contribution in [0.1, 0.15) is 10.4 Å². The highest BCUT2D eigenvalue weighted by Gasteiger charge is 2.22. The molecule has 4 rings (SSSR count). The Labute approximate surface area is 148 Å². The first-order valence-corrected chi connectivity index (χ1v) is 8.40. The minimum atomic E-state index is -0.453. The Hall–Kier alpha value is -2.73. The summed E-state index contributed by atoms with van der Waals surface area (Å²) >= 11 is 5.87. The summed E-state index contributed by atoms with van der Waals surface area (Å²) in [6.45, 7) is 2.71. The van der Waals surface area contributed by atoms with Crippen molar-refractivity contribution in [2.75, 3.05) is 31.1 Å². The van der Waals surface area contributed by atoms with Gasteiger partial charge >= 0.3 is 5.76 Å². The number of benzene rings is 2. The van der Waals surface area contributed by atoms with Gasteiger partial charge in [0.25, 0.3) is 5.91 Å². The van der Waals surface area contributed by atoms with Crippen molar-refractivity contribution in [3.8, 4) is 0 Å². The second-order valence-corrected chi connectivity index (χ2v) is 6.42. The second kappa shape index (κ2) is 6.29. The summed E-state index contributed by atoms with van der Waals surface area (Å²) in [6, 6.07) is 12.6. The van der Waals surface area contributed by atoms with Crippen molar-refractivity contribution in [1.82, 2.24) is 9.88 Å². The maximum atomic E-state index is 12.5. The SMILES string of the molecule is O=C(c1ccc(Cl)cc1)N1CCN(c2ccc3[nH]c(=O)oc3c2)CC1. The van der Waals surface area contributed by atoms with Gasteiger partial charge in [0, 0.05) is 48.5 Å². The number of anilines is 1. The molecule has 128 valence electrons. The number of nitrogens with one attached hydrogen (secondary N) is 1. The van der Waals surface area contributed by atoms with E-state index in [0.717, 1.165) is 18.8 Å². The molecule has 1 aromatic heterocycles. The number of hydrogen-bond donors (Lipinski definition) is 1. The van der Waals surface area contributed by atoms with E-state index in [9.17, 15) is 9.59 Å². The minimum Gasteiger partial charge on any atom is -0.408 e. The van der Waals surface area contributed by atoms with Gasteiger partial charge in [-0.3, -0.25) is 9.78 Å². The normalized spacial score (nSPS) is 14.9. The van der Waals surface area contributed by atoms with Gasteiger partial charge in [-0.2, -0.15) is 0 Å². The van der Waals surface area contributed by atoms with Crippen LogP contribution in [0.4, 0.5) is 5.69 Å². The Balaban J connectivity index is 1.45. The number of aromatic amines is 1. The van der Waals surface area contributed by atoms with Gasteiger partial charge in [0.15, 0.2) is 5.58 Å². The molecular weight excluding hydrogens is 342 g/mol. The lowest BCUT2D eigenvalue weighted by atomic mass is 10.1. The number of carbonyl (C=O) groups is 1. The van der Waals surface area contributed by atoms with Crippen molar-refractivity contribution in [3.63, 3.8) is 0 Å². The van der Waals surface area contributed by atoms with E-state index in [1.54, 1.807) is 24.3 Å². The molecule has 0 saturated carbocycles. The molecule has 1 fully saturated rings. The minimum absolute atomic E-state index is 0.0170. The summed E-state index contributed by atoms with van der Waals surface area (Å²) in [6.07, 6.45) is 0. The van der Waals surface area contributed by atoms with Gasteiger partial charge < -0.3 is 14.2 Å². The molecule has 1 saturated heterocycles. The molecule has 1 N–H and O–H groups in total. The Morgan fingerprint density at radius 3 is 2.48 bits per heavy atom. The highest BCUT2D eigenvalue weighted by molar-refractivity contribution is 6.30. The number of aromatic nitrogens is 1. The first-order valence-electron chi connectivity index (χ1n) is 8.03. The molecule has 7 heteroatoms. The van der Waals surface area contributed by atoms with Crippen molar-refractivity contribution < 1.29 is 9.21 Å². The van der Waals surface area contributed by atoms with Crippen LogP contribution in [-0.4, -0.2) is 42.0 Å². The lowest BCUT2D eigenvalue weighted by Crippen LogP contribution is -2.48. The molecule has 0 atom stereocenters. The van der Waals surface area contributed by atoms with Crippen molar-refractivity contribution in [2.45, 2.75) is 0 Å². The fourth-order valence-corrected chi connectivity index (χ4v) is 3.20. The number of oxazole rings is 1. The van der Waals surface area contributed by atoms with Crippen LogP contribution in [0.15, 0.2) is 51.7 Å². The highest BCUT2D eigenvalue weighted by atomic mass is 35.5. The number of halogens is 1. The molecule has 0 spiro atoms. The fourth-order valence-electron chi connectivity index (χ4n) is 3.07. The lowest BCUT2D eigenvalue weighted by Gasteiger charge is -2.36. The van der Waals surface area contributed by atoms with Gasteiger partial charge in [0.05, 0.1) is 5.52 Å². The number of nitrogens with zero attached hydrogens (tertiary/aromatic N) is 2. The maximum absolute atomic E-state index is 12.5. The van der Waals surface area contributed by atoms with Crippen LogP contribution in [-0.2, 0) is 0 Å². The highest BCUT2D eigenvalue weighted by Crippen LogP contribution is 2.22. The second-order valence-electron chi connectivity index (χ2n) is 5.98. The zero-order valence-corrected chi connectivity index (χ0v) is 14.1. The molecule has 1 aliphatic heterocycles. The molecule has 2 heterocycles. The number of piperazine rings is 1. The molecule has 1 aliphatic rings. The third-order valence-electron chi connectivity index (χ3n) is 4.43. The monoisotopic (exact) mass is 357 g/mol. The third-order valence-corrected chi connectivity index (χ3v) is 4.68. The van der Waals surface area contributed by atoms with Crippen molar-refractivity contribution in [2.24, 2.45) is 0 Å². The van der Waals surface area contributed by atoms with E-state index in [-0.39, 0.29) is 5.91 Å². The zero-order chi connectivity index (χ0) is 17.4. The number of rotatable bonds is 2. The summed E-state index contributed by atoms with van der Waals surface area (Å²) < 4.78 is 5.11. The largest absolute Gasteiger partial charge is 0.417 e. The van der Waals surface area contributed by atoms with Gasteiger partial charge in [0.2, 0.25) is 0 Å². The first kappa shape index (κ1) is 15.8. The van der Waals surface area contributed by atoms with E-state index in [0.29, 0.717) is 34.8 Å². The Bertz CT molecular complexity index is 969. The van der Waals surface area contributed by atoms with E-state index in [4.69, 9.17) is 16.0 Å². The van der Waals surface area contributed by atoms with Gasteiger partial charge in [-0.15, -0.1) is 0 Å². The molecule has 0 radical (unpaired) electrons. The Morgan fingerprint density at radius 2 is 1.76 bits per heavy atom. The maximum Gasteiger partial charge on any atom is 0.417 e. The summed E-state index contributed by atoms with van der Waals surface area (Å²) in [4.78, 5) is 30.5. The average molecular weight is 358 g/mol. The van der Waals surface area contributed by atoms with E-state index < -0.39 is 5.76 Å². The molecule has 0 aliphatic carbocycles. The van der Waals surface area contributed by atoms with E-state index >= 15 is 0 Å². The summed E-state index contributed by atoms with van der Waals surface area (Å²) in [5, 5.41) is 0.619. The number of carbonyl (C=O) groups excluding carboxylic acids is 1. The predicted octanol–water partition coefficient (Wildman–Crippen LogP) is 2.74. The number of amides is 1. The van der Waals surface area contributed by atoms with Crippen LogP contribution in [0, 0.1) is 0 Å². The molecule has 6 nitrogen and oxygen atoms in total. The number of fused-ring (bicyclic) bond motifs is 1. The first-order chi connectivity index (χ1) is 12.1. The predicted molar refractivity (Wildman–Crippen MR) is 96.4 cm³/mol. The smallest absolute Gasteiger partial charge is 0.408 e. The van der Waals surface area contributed by atoms with Crippen LogP contribution in [0.5, 0.6) is 0 Å². The topological polar surface area (TPSA) is 69.6 Å². The summed E-state index contributed by atoms with van der Waals surface area (Å²) in [5.41, 5.74) is 2.86. The molecule has 0 unspecified atom stereocenters. The van der Waals surface area contributed by atoms with Crippen LogP contribution < -0.4 is 10.7 Å². The van der Waals surface area contributed by atoms with E-state index in [1.165, 1.54) is 0 Å². The molecule has 2 aromatic carbocycles. The van der Waals surface area contributed by atoms with Crippen LogP contribution >= 0.6 is 11.6 Å². The van der Waals surface area contributed by atoms with Crippen molar-refractivity contribution in [1.29, 1.82) is 0 Å². The quantitative estimate of drug-likeness (QED) is 0.765. The molecule has 1 amide bonds. The van der Waals surface area contributed by atoms with Crippen LogP contribution in [0.2, 0.25) is 5.02 Å². The van der Waals surface area contributed by atoms with E-state index in [1.807, 2.05) is 23.1 Å². The fraction of sp³-hybridized carbons (Fsp3) is 0.222. The molecule has 0 bridgehead atoms. The Morgan fingerprint density at radius 1 is 1.04 bits per heavy atom. The summed E-state index contributed by atoms with van der Waals surface area (Å²) in [5.74, 6) is -0.436.